The minimum atomic E-state index is 0.504. The predicted octanol–water partition coefficient (Wildman–Crippen LogP) is 3.86. The van der Waals surface area contributed by atoms with Crippen LogP contribution in [-0.4, -0.2) is 20.1 Å². The molecule has 0 unspecified atom stereocenters. The molecule has 0 spiro atoms. The number of aromatic amines is 1. The highest BCUT2D eigenvalue weighted by Gasteiger charge is 2.29. The first-order valence-corrected chi connectivity index (χ1v) is 8.81. The number of imidazole rings is 1. The lowest BCUT2D eigenvalue weighted by atomic mass is 10.1. The number of aryl methyl sites for hydroxylation is 1. The summed E-state index contributed by atoms with van der Waals surface area (Å²) in [7, 11) is 0. The molecule has 6 heteroatoms. The van der Waals surface area contributed by atoms with Crippen molar-refractivity contribution in [3.05, 3.63) is 59.0 Å². The van der Waals surface area contributed by atoms with E-state index < -0.39 is 0 Å². The van der Waals surface area contributed by atoms with E-state index >= 15 is 0 Å². The molecule has 1 aromatic carbocycles. The van der Waals surface area contributed by atoms with Gasteiger partial charge in [-0.1, -0.05) is 47.3 Å². The van der Waals surface area contributed by atoms with Gasteiger partial charge in [0.25, 0.3) is 0 Å². The summed E-state index contributed by atoms with van der Waals surface area (Å²) < 4.78 is 5.28. The van der Waals surface area contributed by atoms with E-state index in [4.69, 9.17) is 9.51 Å². The molecule has 4 rings (SSSR count). The fraction of sp³-hybridized carbons (Fsp3) is 0.353. The summed E-state index contributed by atoms with van der Waals surface area (Å²) in [6, 6.07) is 10.4. The van der Waals surface area contributed by atoms with Gasteiger partial charge in [0.1, 0.15) is 0 Å². The number of hydrogen-bond acceptors (Lipinski definition) is 5. The number of nitrogens with zero attached hydrogens (tertiary/aromatic N) is 3. The van der Waals surface area contributed by atoms with Crippen molar-refractivity contribution in [1.82, 2.24) is 20.1 Å². The summed E-state index contributed by atoms with van der Waals surface area (Å²) in [5.41, 5.74) is 3.47. The summed E-state index contributed by atoms with van der Waals surface area (Å²) in [5.74, 6) is 2.72. The molecule has 1 N–H and O–H groups in total. The Kier molecular flexibility index (Phi) is 3.91. The van der Waals surface area contributed by atoms with Crippen molar-refractivity contribution in [2.75, 3.05) is 0 Å². The van der Waals surface area contributed by atoms with Crippen LogP contribution in [0.15, 0.2) is 40.0 Å². The van der Waals surface area contributed by atoms with E-state index in [2.05, 4.69) is 46.3 Å². The molecule has 0 bridgehead atoms. The average Bonchev–Trinajstić information content (AvgIpc) is 3.21. The first kappa shape index (κ1) is 14.5. The average molecular weight is 326 g/mol. The molecule has 1 saturated carbocycles. The molecule has 0 saturated heterocycles. The third kappa shape index (κ3) is 3.47. The highest BCUT2D eigenvalue weighted by atomic mass is 32.2. The maximum Gasteiger partial charge on any atom is 0.229 e. The summed E-state index contributed by atoms with van der Waals surface area (Å²) in [5, 5.41) is 4.95. The highest BCUT2D eigenvalue weighted by Crippen LogP contribution is 2.39. The van der Waals surface area contributed by atoms with E-state index in [0.29, 0.717) is 11.7 Å². The molecule has 0 radical (unpaired) electrons. The van der Waals surface area contributed by atoms with Gasteiger partial charge in [-0.2, -0.15) is 4.98 Å². The quantitative estimate of drug-likeness (QED) is 0.697. The van der Waals surface area contributed by atoms with Gasteiger partial charge < -0.3 is 9.51 Å². The lowest BCUT2D eigenvalue weighted by molar-refractivity contribution is 0.375. The van der Waals surface area contributed by atoms with Gasteiger partial charge >= 0.3 is 0 Å². The Morgan fingerprint density at radius 2 is 2.04 bits per heavy atom. The van der Waals surface area contributed by atoms with E-state index in [1.54, 1.807) is 11.8 Å². The number of nitrogens with one attached hydrogen (secondary N) is 1. The normalized spacial score (nSPS) is 14.3. The zero-order valence-corrected chi connectivity index (χ0v) is 13.8. The van der Waals surface area contributed by atoms with Crippen LogP contribution >= 0.6 is 11.8 Å². The molecule has 1 fully saturated rings. The van der Waals surface area contributed by atoms with Gasteiger partial charge in [-0.15, -0.1) is 0 Å². The number of rotatable bonds is 6. The van der Waals surface area contributed by atoms with Crippen molar-refractivity contribution in [1.29, 1.82) is 0 Å². The van der Waals surface area contributed by atoms with Crippen LogP contribution in [0, 0.1) is 6.92 Å². The van der Waals surface area contributed by atoms with E-state index in [1.807, 2.05) is 6.07 Å². The lowest BCUT2D eigenvalue weighted by Crippen LogP contribution is -1.90. The predicted molar refractivity (Wildman–Crippen MR) is 88.4 cm³/mol. The van der Waals surface area contributed by atoms with Crippen molar-refractivity contribution in [3.63, 3.8) is 0 Å². The zero-order chi connectivity index (χ0) is 15.6. The minimum Gasteiger partial charge on any atom is -0.339 e. The van der Waals surface area contributed by atoms with Gasteiger partial charge in [-0.05, 0) is 25.3 Å². The van der Waals surface area contributed by atoms with E-state index in [1.165, 1.54) is 18.4 Å². The Morgan fingerprint density at radius 1 is 1.22 bits per heavy atom. The first-order valence-electron chi connectivity index (χ1n) is 7.82. The number of benzene rings is 1. The second-order valence-electron chi connectivity index (χ2n) is 5.89. The lowest BCUT2D eigenvalue weighted by Gasteiger charge is -1.98. The Morgan fingerprint density at radius 3 is 2.83 bits per heavy atom. The highest BCUT2D eigenvalue weighted by molar-refractivity contribution is 7.98. The van der Waals surface area contributed by atoms with Crippen molar-refractivity contribution < 1.29 is 4.52 Å². The van der Waals surface area contributed by atoms with Gasteiger partial charge in [0, 0.05) is 18.0 Å². The van der Waals surface area contributed by atoms with Crippen LogP contribution in [0.2, 0.25) is 0 Å². The fourth-order valence-electron chi connectivity index (χ4n) is 2.45. The van der Waals surface area contributed by atoms with Crippen molar-refractivity contribution in [2.24, 2.45) is 0 Å². The second-order valence-corrected chi connectivity index (χ2v) is 6.85. The molecular formula is C17H18N4OS. The summed E-state index contributed by atoms with van der Waals surface area (Å²) in [6.07, 6.45) is 3.20. The SMILES string of the molecule is Cc1[nH]c(SCc2noc(C3CC3)n2)nc1Cc1ccccc1. The van der Waals surface area contributed by atoms with Crippen LogP contribution in [0.1, 0.15) is 47.4 Å². The molecule has 1 aliphatic rings. The van der Waals surface area contributed by atoms with Gasteiger partial charge in [-0.25, -0.2) is 4.98 Å². The number of aromatic nitrogens is 4. The number of H-pyrrole nitrogens is 1. The van der Waals surface area contributed by atoms with Crippen LogP contribution < -0.4 is 0 Å². The third-order valence-corrected chi connectivity index (χ3v) is 4.80. The van der Waals surface area contributed by atoms with Gasteiger partial charge in [0.05, 0.1) is 11.4 Å². The van der Waals surface area contributed by atoms with E-state index in [9.17, 15) is 0 Å². The summed E-state index contributed by atoms with van der Waals surface area (Å²) in [4.78, 5) is 12.5. The smallest absolute Gasteiger partial charge is 0.229 e. The second kappa shape index (κ2) is 6.20. The largest absolute Gasteiger partial charge is 0.339 e. The third-order valence-electron chi connectivity index (χ3n) is 3.93. The molecule has 118 valence electrons. The minimum absolute atomic E-state index is 0.504. The van der Waals surface area contributed by atoms with Crippen molar-refractivity contribution >= 4 is 11.8 Å². The molecule has 0 aliphatic heterocycles. The number of thioether (sulfide) groups is 1. The van der Waals surface area contributed by atoms with Crippen LogP contribution in [0.5, 0.6) is 0 Å². The molecule has 0 amide bonds. The van der Waals surface area contributed by atoms with Crippen LogP contribution in [-0.2, 0) is 12.2 Å². The standard InChI is InChI=1S/C17H18N4OS/c1-11-14(9-12-5-3-2-4-6-12)19-17(18-11)23-10-15-20-16(22-21-15)13-7-8-13/h2-6,13H,7-10H2,1H3,(H,18,19). The Labute approximate surface area is 138 Å². The fourth-order valence-corrected chi connectivity index (χ4v) is 3.23. The van der Waals surface area contributed by atoms with Crippen LogP contribution in [0.25, 0.3) is 0 Å². The molecule has 0 atom stereocenters. The summed E-state index contributed by atoms with van der Waals surface area (Å²) in [6.45, 7) is 2.06. The van der Waals surface area contributed by atoms with Crippen molar-refractivity contribution in [2.45, 2.75) is 43.0 Å². The maximum atomic E-state index is 5.28. The monoisotopic (exact) mass is 326 g/mol. The van der Waals surface area contributed by atoms with Gasteiger partial charge in [0.2, 0.25) is 5.89 Å². The molecule has 5 nitrogen and oxygen atoms in total. The Balaban J connectivity index is 1.40. The van der Waals surface area contributed by atoms with Crippen LogP contribution in [0.4, 0.5) is 0 Å². The molecule has 23 heavy (non-hydrogen) atoms. The molecule has 1 aliphatic carbocycles. The molecular weight excluding hydrogens is 308 g/mol. The van der Waals surface area contributed by atoms with Crippen molar-refractivity contribution in [3.8, 4) is 0 Å². The Bertz CT molecular complexity index is 792. The molecule has 2 aromatic heterocycles. The Hall–Kier alpha value is -2.08. The van der Waals surface area contributed by atoms with Gasteiger partial charge in [0.15, 0.2) is 11.0 Å². The topological polar surface area (TPSA) is 67.6 Å². The molecule has 2 heterocycles. The molecule has 3 aromatic rings. The van der Waals surface area contributed by atoms with Gasteiger partial charge in [-0.3, -0.25) is 0 Å². The van der Waals surface area contributed by atoms with Crippen LogP contribution in [0.3, 0.4) is 0 Å². The number of hydrogen-bond donors (Lipinski definition) is 1. The maximum absolute atomic E-state index is 5.28. The first-order chi connectivity index (χ1) is 11.3. The zero-order valence-electron chi connectivity index (χ0n) is 13.0. The van der Waals surface area contributed by atoms with E-state index in [-0.39, 0.29) is 0 Å². The van der Waals surface area contributed by atoms with E-state index in [0.717, 1.165) is 34.7 Å². The summed E-state index contributed by atoms with van der Waals surface area (Å²) >= 11 is 1.61.